The van der Waals surface area contributed by atoms with Gasteiger partial charge in [0.05, 0.1) is 12.0 Å². The standard InChI is InChI=1S/C12H14N2O3S/c1-9-7-13-12(18-8-11(15)16)14(9)5-4-10-3-2-6-17-10/h2-3,6-7H,4-5,8H2,1H3,(H,15,16). The van der Waals surface area contributed by atoms with Crippen molar-refractivity contribution in [3.8, 4) is 0 Å². The summed E-state index contributed by atoms with van der Waals surface area (Å²) in [6.45, 7) is 2.70. The van der Waals surface area contributed by atoms with Crippen LogP contribution in [0.1, 0.15) is 11.5 Å². The molecule has 0 aromatic carbocycles. The Morgan fingerprint density at radius 1 is 1.61 bits per heavy atom. The number of carboxylic acids is 1. The molecular weight excluding hydrogens is 252 g/mol. The first kappa shape index (κ1) is 12.8. The van der Waals surface area contributed by atoms with Gasteiger partial charge in [0.2, 0.25) is 0 Å². The van der Waals surface area contributed by atoms with Crippen LogP contribution in [0, 0.1) is 6.92 Å². The van der Waals surface area contributed by atoms with Gasteiger partial charge in [0, 0.05) is 24.9 Å². The molecule has 18 heavy (non-hydrogen) atoms. The van der Waals surface area contributed by atoms with Gasteiger partial charge in [-0.3, -0.25) is 4.79 Å². The van der Waals surface area contributed by atoms with Gasteiger partial charge in [-0.15, -0.1) is 0 Å². The Kier molecular flexibility index (Phi) is 4.09. The second-order valence-electron chi connectivity index (χ2n) is 3.85. The number of carbonyl (C=O) groups is 1. The fourth-order valence-corrected chi connectivity index (χ4v) is 2.40. The topological polar surface area (TPSA) is 68.3 Å². The quantitative estimate of drug-likeness (QED) is 0.812. The summed E-state index contributed by atoms with van der Waals surface area (Å²) in [6, 6.07) is 3.78. The smallest absolute Gasteiger partial charge is 0.313 e. The largest absolute Gasteiger partial charge is 0.481 e. The molecule has 0 aliphatic rings. The molecule has 2 aromatic rings. The Hall–Kier alpha value is -1.69. The van der Waals surface area contributed by atoms with Crippen LogP contribution in [0.15, 0.2) is 34.2 Å². The van der Waals surface area contributed by atoms with Crippen molar-refractivity contribution in [3.63, 3.8) is 0 Å². The van der Waals surface area contributed by atoms with E-state index in [1.165, 1.54) is 11.8 Å². The number of carboxylic acid groups (broad SMARTS) is 1. The Bertz CT molecular complexity index is 519. The maximum absolute atomic E-state index is 10.6. The van der Waals surface area contributed by atoms with Gasteiger partial charge >= 0.3 is 5.97 Å². The third-order valence-electron chi connectivity index (χ3n) is 2.51. The van der Waals surface area contributed by atoms with E-state index in [2.05, 4.69) is 4.98 Å². The van der Waals surface area contributed by atoms with Gasteiger partial charge in [-0.2, -0.15) is 0 Å². The lowest BCUT2D eigenvalue weighted by atomic mass is 10.3. The molecule has 0 aliphatic carbocycles. The van der Waals surface area contributed by atoms with E-state index in [-0.39, 0.29) is 5.75 Å². The Morgan fingerprint density at radius 2 is 2.44 bits per heavy atom. The molecule has 0 saturated carbocycles. The van der Waals surface area contributed by atoms with Gasteiger partial charge in [-0.1, -0.05) is 11.8 Å². The highest BCUT2D eigenvalue weighted by Crippen LogP contribution is 2.18. The first-order valence-corrected chi connectivity index (χ1v) is 6.54. The summed E-state index contributed by atoms with van der Waals surface area (Å²) in [5, 5.41) is 9.42. The summed E-state index contributed by atoms with van der Waals surface area (Å²) in [4.78, 5) is 14.8. The zero-order chi connectivity index (χ0) is 13.0. The van der Waals surface area contributed by atoms with Crippen molar-refractivity contribution in [2.45, 2.75) is 25.0 Å². The van der Waals surface area contributed by atoms with Crippen molar-refractivity contribution < 1.29 is 14.3 Å². The number of furan rings is 1. The molecule has 0 radical (unpaired) electrons. The van der Waals surface area contributed by atoms with Crippen molar-refractivity contribution in [2.24, 2.45) is 0 Å². The molecule has 0 atom stereocenters. The fraction of sp³-hybridized carbons (Fsp3) is 0.333. The first-order valence-electron chi connectivity index (χ1n) is 5.56. The van der Waals surface area contributed by atoms with Crippen molar-refractivity contribution in [3.05, 3.63) is 36.0 Å². The predicted octanol–water partition coefficient (Wildman–Crippen LogP) is 2.20. The molecule has 0 unspecified atom stereocenters. The number of aliphatic carboxylic acids is 1. The molecule has 0 fully saturated rings. The van der Waals surface area contributed by atoms with Gasteiger partial charge in [0.15, 0.2) is 5.16 Å². The Labute approximate surface area is 109 Å². The maximum Gasteiger partial charge on any atom is 0.313 e. The summed E-state index contributed by atoms with van der Waals surface area (Å²) in [7, 11) is 0. The minimum Gasteiger partial charge on any atom is -0.481 e. The van der Waals surface area contributed by atoms with Crippen LogP contribution >= 0.6 is 11.8 Å². The van der Waals surface area contributed by atoms with Crippen LogP contribution in [-0.2, 0) is 17.8 Å². The van der Waals surface area contributed by atoms with E-state index in [4.69, 9.17) is 9.52 Å². The maximum atomic E-state index is 10.6. The molecule has 5 nitrogen and oxygen atoms in total. The first-order chi connectivity index (χ1) is 8.66. The minimum atomic E-state index is -0.835. The number of thioether (sulfide) groups is 1. The van der Waals surface area contributed by atoms with E-state index in [0.29, 0.717) is 0 Å². The van der Waals surface area contributed by atoms with Crippen LogP contribution in [0.3, 0.4) is 0 Å². The second kappa shape index (κ2) is 5.77. The van der Waals surface area contributed by atoms with Gasteiger partial charge < -0.3 is 14.1 Å². The molecular formula is C12H14N2O3S. The third-order valence-corrected chi connectivity index (χ3v) is 3.48. The second-order valence-corrected chi connectivity index (χ2v) is 4.79. The third kappa shape index (κ3) is 3.16. The van der Waals surface area contributed by atoms with Crippen molar-refractivity contribution in [1.82, 2.24) is 9.55 Å². The molecule has 0 bridgehead atoms. The van der Waals surface area contributed by atoms with Gasteiger partial charge in [0.1, 0.15) is 5.76 Å². The normalized spacial score (nSPS) is 10.7. The van der Waals surface area contributed by atoms with Crippen molar-refractivity contribution in [2.75, 3.05) is 5.75 Å². The fourth-order valence-electron chi connectivity index (χ4n) is 1.63. The molecule has 0 saturated heterocycles. The Morgan fingerprint density at radius 3 is 3.11 bits per heavy atom. The summed E-state index contributed by atoms with van der Waals surface area (Å²) < 4.78 is 7.29. The minimum absolute atomic E-state index is 0.0250. The summed E-state index contributed by atoms with van der Waals surface area (Å²) in [5.74, 6) is 0.104. The number of hydrogen-bond acceptors (Lipinski definition) is 4. The van der Waals surface area contributed by atoms with Crippen molar-refractivity contribution in [1.29, 1.82) is 0 Å². The molecule has 96 valence electrons. The zero-order valence-corrected chi connectivity index (χ0v) is 10.8. The molecule has 2 heterocycles. The number of rotatable bonds is 6. The Balaban J connectivity index is 2.02. The molecule has 2 aromatic heterocycles. The average Bonchev–Trinajstić information content (AvgIpc) is 2.94. The van der Waals surface area contributed by atoms with Crippen LogP contribution in [-0.4, -0.2) is 26.4 Å². The molecule has 1 N–H and O–H groups in total. The van der Waals surface area contributed by atoms with Crippen LogP contribution in [0.4, 0.5) is 0 Å². The lowest BCUT2D eigenvalue weighted by molar-refractivity contribution is -0.133. The molecule has 2 rings (SSSR count). The van der Waals surface area contributed by atoms with E-state index in [1.54, 1.807) is 12.5 Å². The number of imidazole rings is 1. The molecule has 6 heteroatoms. The van der Waals surface area contributed by atoms with Crippen LogP contribution in [0.2, 0.25) is 0 Å². The lowest BCUT2D eigenvalue weighted by Gasteiger charge is -2.07. The number of aryl methyl sites for hydroxylation is 2. The summed E-state index contributed by atoms with van der Waals surface area (Å²) >= 11 is 1.23. The molecule has 0 aliphatic heterocycles. The van der Waals surface area contributed by atoms with Gasteiger partial charge in [-0.25, -0.2) is 4.98 Å². The number of hydrogen-bond donors (Lipinski definition) is 1. The highest BCUT2D eigenvalue weighted by atomic mass is 32.2. The van der Waals surface area contributed by atoms with Gasteiger partial charge in [-0.05, 0) is 19.1 Å². The highest BCUT2D eigenvalue weighted by molar-refractivity contribution is 7.99. The van der Waals surface area contributed by atoms with E-state index in [0.717, 1.165) is 29.6 Å². The zero-order valence-electron chi connectivity index (χ0n) is 10.00. The van der Waals surface area contributed by atoms with Crippen LogP contribution < -0.4 is 0 Å². The number of aromatic nitrogens is 2. The SMILES string of the molecule is Cc1cnc(SCC(=O)O)n1CCc1ccco1. The van der Waals surface area contributed by atoms with E-state index >= 15 is 0 Å². The monoisotopic (exact) mass is 266 g/mol. The summed E-state index contributed by atoms with van der Waals surface area (Å²) in [6.07, 6.45) is 4.17. The van der Waals surface area contributed by atoms with E-state index in [9.17, 15) is 4.79 Å². The molecule has 0 amide bonds. The molecule has 0 spiro atoms. The van der Waals surface area contributed by atoms with Crippen molar-refractivity contribution >= 4 is 17.7 Å². The van der Waals surface area contributed by atoms with E-state index in [1.807, 2.05) is 23.6 Å². The predicted molar refractivity (Wildman–Crippen MR) is 67.7 cm³/mol. The average molecular weight is 266 g/mol. The highest BCUT2D eigenvalue weighted by Gasteiger charge is 2.10. The van der Waals surface area contributed by atoms with Crippen LogP contribution in [0.5, 0.6) is 0 Å². The number of nitrogens with zero attached hydrogens (tertiary/aromatic N) is 2. The lowest BCUT2D eigenvalue weighted by Crippen LogP contribution is -2.06. The van der Waals surface area contributed by atoms with E-state index < -0.39 is 5.97 Å². The van der Waals surface area contributed by atoms with Crippen LogP contribution in [0.25, 0.3) is 0 Å². The van der Waals surface area contributed by atoms with Gasteiger partial charge in [0.25, 0.3) is 0 Å². The summed E-state index contributed by atoms with van der Waals surface area (Å²) in [5.41, 5.74) is 1.02.